The zero-order chi connectivity index (χ0) is 15.2. The summed E-state index contributed by atoms with van der Waals surface area (Å²) in [5, 5.41) is 4.47. The molecule has 110 valence electrons. The lowest BCUT2D eigenvalue weighted by Crippen LogP contribution is -2.33. The van der Waals surface area contributed by atoms with Gasteiger partial charge in [-0.25, -0.2) is 0 Å². The van der Waals surface area contributed by atoms with Gasteiger partial charge >= 0.3 is 0 Å². The largest absolute Gasteiger partial charge is 0.495 e. The van der Waals surface area contributed by atoms with Gasteiger partial charge in [-0.3, -0.25) is 10.9 Å². The lowest BCUT2D eigenvalue weighted by atomic mass is 10.3. The fourth-order valence-corrected chi connectivity index (χ4v) is 2.23. The third-order valence-corrected chi connectivity index (χ3v) is 3.35. The Bertz CT molecular complexity index is 652. The molecule has 0 fully saturated rings. The number of halogens is 2. The van der Waals surface area contributed by atoms with Crippen molar-refractivity contribution in [2.24, 2.45) is 0 Å². The molecule has 0 amide bonds. The van der Waals surface area contributed by atoms with Crippen LogP contribution in [0.1, 0.15) is 0 Å². The van der Waals surface area contributed by atoms with Crippen LogP contribution in [0.5, 0.6) is 5.75 Å². The summed E-state index contributed by atoms with van der Waals surface area (Å²) in [6.45, 7) is 0. The van der Waals surface area contributed by atoms with E-state index in [4.69, 9.17) is 40.2 Å². The fourth-order valence-electron chi connectivity index (χ4n) is 1.62. The standard InChI is InChI=1S/C14H13Cl2N3OS/c1-20-13-5-3-2-4-12(13)17-14(21)19-18-11-7-6-9(15)8-10(11)16/h2-8,18H,1H3,(H2,17,19,21). The quantitative estimate of drug-likeness (QED) is 0.571. The van der Waals surface area contributed by atoms with Crippen molar-refractivity contribution in [1.29, 1.82) is 0 Å². The highest BCUT2D eigenvalue weighted by Gasteiger charge is 2.05. The SMILES string of the molecule is COc1ccccc1NC(=S)NNc1ccc(Cl)cc1Cl. The molecular formula is C14H13Cl2N3OS. The molecule has 4 nitrogen and oxygen atoms in total. The van der Waals surface area contributed by atoms with Gasteiger partial charge in [-0.15, -0.1) is 0 Å². The number of benzene rings is 2. The molecule has 0 unspecified atom stereocenters. The van der Waals surface area contributed by atoms with Crippen molar-refractivity contribution < 1.29 is 4.74 Å². The highest BCUT2D eigenvalue weighted by Crippen LogP contribution is 2.25. The van der Waals surface area contributed by atoms with Crippen LogP contribution in [0.25, 0.3) is 0 Å². The maximum atomic E-state index is 6.05. The van der Waals surface area contributed by atoms with Crippen molar-refractivity contribution in [3.05, 3.63) is 52.5 Å². The van der Waals surface area contributed by atoms with Gasteiger partial charge in [-0.1, -0.05) is 35.3 Å². The molecule has 2 aromatic rings. The molecule has 0 bridgehead atoms. The van der Waals surface area contributed by atoms with Crippen molar-refractivity contribution >= 4 is 51.9 Å². The Morgan fingerprint density at radius 1 is 1.10 bits per heavy atom. The Kier molecular flexibility index (Phi) is 5.50. The number of thiocarbonyl (C=S) groups is 1. The van der Waals surface area contributed by atoms with Crippen LogP contribution < -0.4 is 20.9 Å². The van der Waals surface area contributed by atoms with Gasteiger partial charge in [-0.05, 0) is 42.5 Å². The molecule has 0 aliphatic carbocycles. The molecule has 0 saturated heterocycles. The number of anilines is 2. The minimum Gasteiger partial charge on any atom is -0.495 e. The summed E-state index contributed by atoms with van der Waals surface area (Å²) in [7, 11) is 1.60. The summed E-state index contributed by atoms with van der Waals surface area (Å²) in [6, 6.07) is 12.6. The monoisotopic (exact) mass is 341 g/mol. The first-order chi connectivity index (χ1) is 10.1. The molecule has 0 saturated carbocycles. The van der Waals surface area contributed by atoms with E-state index >= 15 is 0 Å². The number of hydrogen-bond donors (Lipinski definition) is 3. The summed E-state index contributed by atoms with van der Waals surface area (Å²) in [5.74, 6) is 0.700. The smallest absolute Gasteiger partial charge is 0.189 e. The Balaban J connectivity index is 1.96. The van der Waals surface area contributed by atoms with Crippen molar-refractivity contribution in [3.63, 3.8) is 0 Å². The highest BCUT2D eigenvalue weighted by molar-refractivity contribution is 7.80. The van der Waals surface area contributed by atoms with E-state index in [2.05, 4.69) is 16.2 Å². The number of para-hydroxylation sites is 2. The van der Waals surface area contributed by atoms with Crippen LogP contribution in [0.3, 0.4) is 0 Å². The van der Waals surface area contributed by atoms with Crippen LogP contribution >= 0.6 is 35.4 Å². The van der Waals surface area contributed by atoms with Gasteiger partial charge in [-0.2, -0.15) is 0 Å². The first-order valence-corrected chi connectivity index (χ1v) is 7.17. The van der Waals surface area contributed by atoms with Gasteiger partial charge in [0, 0.05) is 5.02 Å². The Morgan fingerprint density at radius 3 is 2.57 bits per heavy atom. The average molecular weight is 342 g/mol. The summed E-state index contributed by atoms with van der Waals surface area (Å²) < 4.78 is 5.24. The Hall–Kier alpha value is -1.69. The molecule has 21 heavy (non-hydrogen) atoms. The van der Waals surface area contributed by atoms with E-state index in [-0.39, 0.29) is 0 Å². The van der Waals surface area contributed by atoms with Gasteiger partial charge in [0.25, 0.3) is 0 Å². The summed E-state index contributed by atoms with van der Waals surface area (Å²) in [6.07, 6.45) is 0. The topological polar surface area (TPSA) is 45.3 Å². The second-order valence-electron chi connectivity index (χ2n) is 4.03. The van der Waals surface area contributed by atoms with E-state index in [9.17, 15) is 0 Å². The fraction of sp³-hybridized carbons (Fsp3) is 0.0714. The summed E-state index contributed by atoms with van der Waals surface area (Å²) in [4.78, 5) is 0. The lowest BCUT2D eigenvalue weighted by molar-refractivity contribution is 0.417. The second-order valence-corrected chi connectivity index (χ2v) is 5.28. The Morgan fingerprint density at radius 2 is 1.86 bits per heavy atom. The third-order valence-electron chi connectivity index (χ3n) is 2.60. The van der Waals surface area contributed by atoms with Crippen molar-refractivity contribution in [1.82, 2.24) is 5.43 Å². The molecule has 0 radical (unpaired) electrons. The minimum atomic E-state index is 0.380. The predicted octanol–water partition coefficient (Wildman–Crippen LogP) is 4.32. The number of nitrogens with one attached hydrogen (secondary N) is 3. The zero-order valence-corrected chi connectivity index (χ0v) is 13.4. The number of hydrazine groups is 1. The molecule has 0 aliphatic rings. The average Bonchev–Trinajstić information content (AvgIpc) is 2.47. The van der Waals surface area contributed by atoms with Crippen molar-refractivity contribution in [2.75, 3.05) is 17.9 Å². The maximum absolute atomic E-state index is 6.05. The van der Waals surface area contributed by atoms with Crippen LogP contribution in [0.2, 0.25) is 10.0 Å². The zero-order valence-electron chi connectivity index (χ0n) is 11.1. The molecule has 2 rings (SSSR count). The normalized spacial score (nSPS) is 9.86. The molecule has 0 heterocycles. The maximum Gasteiger partial charge on any atom is 0.189 e. The van der Waals surface area contributed by atoms with Crippen LogP contribution in [-0.2, 0) is 0 Å². The van der Waals surface area contributed by atoms with Gasteiger partial charge in [0.15, 0.2) is 5.11 Å². The highest BCUT2D eigenvalue weighted by atomic mass is 35.5. The molecule has 0 aliphatic heterocycles. The van der Waals surface area contributed by atoms with Gasteiger partial charge < -0.3 is 10.1 Å². The van der Waals surface area contributed by atoms with Crippen molar-refractivity contribution in [3.8, 4) is 5.75 Å². The number of ether oxygens (including phenoxy) is 1. The van der Waals surface area contributed by atoms with Crippen molar-refractivity contribution in [2.45, 2.75) is 0 Å². The third kappa shape index (κ3) is 4.39. The van der Waals surface area contributed by atoms with E-state index in [0.29, 0.717) is 26.6 Å². The Labute approximate surface area is 138 Å². The molecule has 0 atom stereocenters. The first kappa shape index (κ1) is 15.7. The molecule has 0 spiro atoms. The van der Waals surface area contributed by atoms with E-state index < -0.39 is 0 Å². The van der Waals surface area contributed by atoms with Gasteiger partial charge in [0.05, 0.1) is 23.5 Å². The lowest BCUT2D eigenvalue weighted by Gasteiger charge is -2.15. The van der Waals surface area contributed by atoms with E-state index in [1.807, 2.05) is 24.3 Å². The van der Waals surface area contributed by atoms with E-state index in [1.165, 1.54) is 0 Å². The van der Waals surface area contributed by atoms with Gasteiger partial charge in [0.2, 0.25) is 0 Å². The number of methoxy groups -OCH3 is 1. The summed E-state index contributed by atoms with van der Waals surface area (Å²) in [5.41, 5.74) is 7.20. The molecule has 0 aromatic heterocycles. The van der Waals surface area contributed by atoms with E-state index in [1.54, 1.807) is 25.3 Å². The molecule has 3 N–H and O–H groups in total. The van der Waals surface area contributed by atoms with Crippen LogP contribution in [0.15, 0.2) is 42.5 Å². The number of hydrogen-bond acceptors (Lipinski definition) is 3. The summed E-state index contributed by atoms with van der Waals surface area (Å²) >= 11 is 17.1. The molecule has 7 heteroatoms. The number of rotatable bonds is 4. The van der Waals surface area contributed by atoms with Crippen LogP contribution in [0, 0.1) is 0 Å². The molecule has 2 aromatic carbocycles. The van der Waals surface area contributed by atoms with E-state index in [0.717, 1.165) is 5.69 Å². The predicted molar refractivity (Wildman–Crippen MR) is 92.4 cm³/mol. The van der Waals surface area contributed by atoms with Crippen LogP contribution in [-0.4, -0.2) is 12.2 Å². The van der Waals surface area contributed by atoms with Crippen LogP contribution in [0.4, 0.5) is 11.4 Å². The molecular weight excluding hydrogens is 329 g/mol. The van der Waals surface area contributed by atoms with Gasteiger partial charge in [0.1, 0.15) is 5.75 Å². The second kappa shape index (κ2) is 7.36. The minimum absolute atomic E-state index is 0.380. The first-order valence-electron chi connectivity index (χ1n) is 6.01.